The first-order valence-electron chi connectivity index (χ1n) is 7.85. The summed E-state index contributed by atoms with van der Waals surface area (Å²) < 4.78 is 10.8. The summed E-state index contributed by atoms with van der Waals surface area (Å²) in [4.78, 5) is 11.5. The molecule has 0 heterocycles. The molecule has 0 aliphatic rings. The molecule has 138 valence electrons. The van der Waals surface area contributed by atoms with E-state index >= 15 is 0 Å². The number of carbonyl (C=O) groups excluding carboxylic acids is 1. The van der Waals surface area contributed by atoms with Crippen LogP contribution in [0.1, 0.15) is 12.5 Å². The van der Waals surface area contributed by atoms with Crippen LogP contribution in [0.3, 0.4) is 0 Å². The summed E-state index contributed by atoms with van der Waals surface area (Å²) in [5.74, 6) is 0.798. The van der Waals surface area contributed by atoms with Gasteiger partial charge in [-0.1, -0.05) is 23.2 Å². The van der Waals surface area contributed by atoms with Gasteiger partial charge >= 0.3 is 0 Å². The minimum absolute atomic E-state index is 0.0729. The van der Waals surface area contributed by atoms with Gasteiger partial charge in [-0.25, -0.2) is 0 Å². The van der Waals surface area contributed by atoms with Crippen LogP contribution < -0.4 is 20.2 Å². The molecule has 0 aliphatic heterocycles. The van der Waals surface area contributed by atoms with Crippen LogP contribution in [0, 0.1) is 0 Å². The Labute approximate surface area is 162 Å². The van der Waals surface area contributed by atoms with E-state index in [1.807, 2.05) is 6.92 Å². The predicted octanol–water partition coefficient (Wildman–Crippen LogP) is 3.96. The molecular weight excluding hydrogens is 377 g/mol. The van der Waals surface area contributed by atoms with Crippen LogP contribution in [0.25, 0.3) is 0 Å². The standard InChI is InChI=1S/C18H19Cl2N3O3/c1-3-21-18(24)11-26-16-7-4-12(8-17(16)25-2)10-22-23-13-5-6-14(19)15(20)9-13/h4-10,23H,3,11H2,1-2H3,(H,21,24)/b22-10+. The molecule has 0 radical (unpaired) electrons. The molecule has 2 N–H and O–H groups in total. The second-order valence-corrected chi connectivity index (χ2v) is 5.97. The number of benzene rings is 2. The number of methoxy groups -OCH3 is 1. The number of halogens is 2. The largest absolute Gasteiger partial charge is 0.493 e. The monoisotopic (exact) mass is 395 g/mol. The lowest BCUT2D eigenvalue weighted by atomic mass is 10.2. The fourth-order valence-electron chi connectivity index (χ4n) is 2.02. The second-order valence-electron chi connectivity index (χ2n) is 5.15. The van der Waals surface area contributed by atoms with Crippen molar-refractivity contribution in [3.63, 3.8) is 0 Å². The Kier molecular flexibility index (Phi) is 7.56. The van der Waals surface area contributed by atoms with Crippen molar-refractivity contribution in [2.75, 3.05) is 25.7 Å². The lowest BCUT2D eigenvalue weighted by Gasteiger charge is -2.11. The number of rotatable bonds is 8. The zero-order chi connectivity index (χ0) is 18.9. The van der Waals surface area contributed by atoms with Gasteiger partial charge in [0, 0.05) is 6.54 Å². The molecule has 6 nitrogen and oxygen atoms in total. The quantitative estimate of drug-likeness (QED) is 0.523. The third-order valence-electron chi connectivity index (χ3n) is 3.25. The van der Waals surface area contributed by atoms with E-state index in [2.05, 4.69) is 15.8 Å². The molecule has 0 aliphatic carbocycles. The summed E-state index contributed by atoms with van der Waals surface area (Å²) in [6.45, 7) is 2.33. The Balaban J connectivity index is 2.01. The van der Waals surface area contributed by atoms with Crippen molar-refractivity contribution < 1.29 is 14.3 Å². The second kappa shape index (κ2) is 9.89. The summed E-state index contributed by atoms with van der Waals surface area (Å²) in [6.07, 6.45) is 1.62. The molecule has 0 saturated carbocycles. The fraction of sp³-hybridized carbons (Fsp3) is 0.222. The molecule has 2 aromatic rings. The summed E-state index contributed by atoms with van der Waals surface area (Å²) in [6, 6.07) is 10.4. The molecule has 0 bridgehead atoms. The average molecular weight is 396 g/mol. The zero-order valence-electron chi connectivity index (χ0n) is 14.4. The highest BCUT2D eigenvalue weighted by Crippen LogP contribution is 2.28. The maximum atomic E-state index is 11.5. The van der Waals surface area contributed by atoms with E-state index in [0.717, 1.165) is 5.56 Å². The SMILES string of the molecule is CCNC(=O)COc1ccc(/C=N/Nc2ccc(Cl)c(Cl)c2)cc1OC. The van der Waals surface area contributed by atoms with Crippen molar-refractivity contribution in [1.29, 1.82) is 0 Å². The summed E-state index contributed by atoms with van der Waals surface area (Å²) >= 11 is 11.8. The van der Waals surface area contributed by atoms with E-state index in [-0.39, 0.29) is 12.5 Å². The van der Waals surface area contributed by atoms with Gasteiger partial charge in [-0.15, -0.1) is 0 Å². The highest BCUT2D eigenvalue weighted by Gasteiger charge is 2.07. The van der Waals surface area contributed by atoms with Gasteiger partial charge in [0.25, 0.3) is 5.91 Å². The summed E-state index contributed by atoms with van der Waals surface area (Å²) in [5, 5.41) is 7.74. The first-order valence-corrected chi connectivity index (χ1v) is 8.60. The van der Waals surface area contributed by atoms with Crippen LogP contribution in [0.15, 0.2) is 41.5 Å². The molecule has 26 heavy (non-hydrogen) atoms. The highest BCUT2D eigenvalue weighted by molar-refractivity contribution is 6.42. The molecule has 8 heteroatoms. The number of anilines is 1. The normalized spacial score (nSPS) is 10.6. The van der Waals surface area contributed by atoms with Crippen molar-refractivity contribution in [1.82, 2.24) is 5.32 Å². The molecule has 0 unspecified atom stereocenters. The zero-order valence-corrected chi connectivity index (χ0v) is 15.9. The maximum absolute atomic E-state index is 11.5. The maximum Gasteiger partial charge on any atom is 0.257 e. The first-order chi connectivity index (χ1) is 12.5. The van der Waals surface area contributed by atoms with Crippen molar-refractivity contribution in [3.8, 4) is 11.5 Å². The van der Waals surface area contributed by atoms with Crippen LogP contribution in [-0.4, -0.2) is 32.4 Å². The van der Waals surface area contributed by atoms with Crippen LogP contribution in [0.5, 0.6) is 11.5 Å². The number of carbonyl (C=O) groups is 1. The number of hydrogen-bond donors (Lipinski definition) is 2. The minimum atomic E-state index is -0.189. The van der Waals surface area contributed by atoms with Gasteiger partial charge in [0.2, 0.25) is 0 Å². The van der Waals surface area contributed by atoms with Crippen LogP contribution >= 0.6 is 23.2 Å². The Hall–Kier alpha value is -2.44. The van der Waals surface area contributed by atoms with E-state index < -0.39 is 0 Å². The van der Waals surface area contributed by atoms with Crippen LogP contribution in [-0.2, 0) is 4.79 Å². The van der Waals surface area contributed by atoms with Gasteiger partial charge in [-0.05, 0) is 48.9 Å². The van der Waals surface area contributed by atoms with E-state index in [4.69, 9.17) is 32.7 Å². The van der Waals surface area contributed by atoms with Gasteiger partial charge in [-0.3, -0.25) is 10.2 Å². The molecular formula is C18H19Cl2N3O3. The Bertz CT molecular complexity index is 797. The first kappa shape index (κ1) is 19.9. The van der Waals surface area contributed by atoms with E-state index in [9.17, 15) is 4.79 Å². The number of likely N-dealkylation sites (N-methyl/N-ethyl adjacent to an activating group) is 1. The summed E-state index contributed by atoms with van der Waals surface area (Å²) in [7, 11) is 1.53. The number of nitrogens with zero attached hydrogens (tertiary/aromatic N) is 1. The van der Waals surface area contributed by atoms with Gasteiger partial charge in [-0.2, -0.15) is 5.10 Å². The number of ether oxygens (including phenoxy) is 2. The van der Waals surface area contributed by atoms with Gasteiger partial charge < -0.3 is 14.8 Å². The molecule has 2 rings (SSSR count). The lowest BCUT2D eigenvalue weighted by Crippen LogP contribution is -2.28. The Morgan fingerprint density at radius 2 is 1.96 bits per heavy atom. The van der Waals surface area contributed by atoms with Crippen LogP contribution in [0.2, 0.25) is 10.0 Å². The topological polar surface area (TPSA) is 72.0 Å². The van der Waals surface area contributed by atoms with Crippen molar-refractivity contribution in [3.05, 3.63) is 52.0 Å². The minimum Gasteiger partial charge on any atom is -0.493 e. The van der Waals surface area contributed by atoms with E-state index in [1.54, 1.807) is 42.6 Å². The molecule has 0 atom stereocenters. The third-order valence-corrected chi connectivity index (χ3v) is 3.99. The number of hydrazone groups is 1. The van der Waals surface area contributed by atoms with Gasteiger partial charge in [0.05, 0.1) is 29.1 Å². The fourth-order valence-corrected chi connectivity index (χ4v) is 2.32. The Morgan fingerprint density at radius 3 is 2.65 bits per heavy atom. The lowest BCUT2D eigenvalue weighted by molar-refractivity contribution is -0.123. The predicted molar refractivity (Wildman–Crippen MR) is 105 cm³/mol. The van der Waals surface area contributed by atoms with E-state index in [1.165, 1.54) is 7.11 Å². The van der Waals surface area contributed by atoms with Crippen LogP contribution in [0.4, 0.5) is 5.69 Å². The van der Waals surface area contributed by atoms with E-state index in [0.29, 0.717) is 33.8 Å². The third kappa shape index (κ3) is 5.82. The number of hydrogen-bond acceptors (Lipinski definition) is 5. The molecule has 2 aromatic carbocycles. The average Bonchev–Trinajstić information content (AvgIpc) is 2.63. The van der Waals surface area contributed by atoms with Gasteiger partial charge in [0.1, 0.15) is 0 Å². The molecule has 0 aromatic heterocycles. The number of nitrogens with one attached hydrogen (secondary N) is 2. The smallest absolute Gasteiger partial charge is 0.257 e. The molecule has 0 spiro atoms. The highest BCUT2D eigenvalue weighted by atomic mass is 35.5. The molecule has 1 amide bonds. The van der Waals surface area contributed by atoms with Crippen molar-refractivity contribution >= 4 is 41.0 Å². The number of amides is 1. The molecule has 0 fully saturated rings. The molecule has 0 saturated heterocycles. The van der Waals surface area contributed by atoms with Gasteiger partial charge in [0.15, 0.2) is 18.1 Å². The van der Waals surface area contributed by atoms with Crippen molar-refractivity contribution in [2.45, 2.75) is 6.92 Å². The summed E-state index contributed by atoms with van der Waals surface area (Å²) in [5.41, 5.74) is 4.37. The Morgan fingerprint density at radius 1 is 1.15 bits per heavy atom. The van der Waals surface area contributed by atoms with Crippen molar-refractivity contribution in [2.24, 2.45) is 5.10 Å².